The third kappa shape index (κ3) is 4.38. The van der Waals surface area contributed by atoms with E-state index in [9.17, 15) is 5.11 Å². The van der Waals surface area contributed by atoms with E-state index in [-0.39, 0.29) is 0 Å². The van der Waals surface area contributed by atoms with Gasteiger partial charge in [-0.25, -0.2) is 0 Å². The molecule has 0 aromatic rings. The molecule has 0 aromatic heterocycles. The van der Waals surface area contributed by atoms with Crippen molar-refractivity contribution in [1.29, 1.82) is 0 Å². The minimum atomic E-state index is -0.668. The zero-order valence-corrected chi connectivity index (χ0v) is 11.1. The van der Waals surface area contributed by atoms with Crippen molar-refractivity contribution in [2.75, 3.05) is 0 Å². The molecule has 0 heterocycles. The SMILES string of the molecule is CC(C)(O)C=C1CC(C)(C)CC(C)(C)C1. The normalized spacial score (nSPS) is 25.1. The van der Waals surface area contributed by atoms with Gasteiger partial charge < -0.3 is 5.11 Å². The number of hydrogen-bond acceptors (Lipinski definition) is 1. The van der Waals surface area contributed by atoms with Gasteiger partial charge in [-0.2, -0.15) is 0 Å². The molecule has 1 heteroatoms. The lowest BCUT2D eigenvalue weighted by atomic mass is 9.63. The highest BCUT2D eigenvalue weighted by molar-refractivity contribution is 5.16. The van der Waals surface area contributed by atoms with E-state index in [4.69, 9.17) is 0 Å². The molecule has 15 heavy (non-hydrogen) atoms. The maximum Gasteiger partial charge on any atom is 0.0774 e. The van der Waals surface area contributed by atoms with Crippen molar-refractivity contribution in [3.8, 4) is 0 Å². The molecule has 1 fully saturated rings. The standard InChI is InChI=1S/C14H26O/c1-12(2)7-11(9-14(5,6)15)8-13(3,4)10-12/h9,15H,7-8,10H2,1-6H3. The summed E-state index contributed by atoms with van der Waals surface area (Å²) in [6, 6.07) is 0. The summed E-state index contributed by atoms with van der Waals surface area (Å²) in [5.74, 6) is 0. The molecule has 0 amide bonds. The lowest BCUT2D eigenvalue weighted by Gasteiger charge is -2.42. The van der Waals surface area contributed by atoms with E-state index >= 15 is 0 Å². The summed E-state index contributed by atoms with van der Waals surface area (Å²) in [7, 11) is 0. The minimum Gasteiger partial charge on any atom is -0.386 e. The Morgan fingerprint density at radius 2 is 1.47 bits per heavy atom. The van der Waals surface area contributed by atoms with Crippen LogP contribution in [0, 0.1) is 10.8 Å². The first-order valence-electron chi connectivity index (χ1n) is 5.92. The third-order valence-corrected chi connectivity index (χ3v) is 2.93. The second kappa shape index (κ2) is 3.62. The number of aliphatic hydroxyl groups is 1. The Kier molecular flexibility index (Phi) is 3.08. The Hall–Kier alpha value is -0.300. The van der Waals surface area contributed by atoms with Gasteiger partial charge in [-0.1, -0.05) is 39.3 Å². The summed E-state index contributed by atoms with van der Waals surface area (Å²) in [5.41, 5.74) is 1.50. The van der Waals surface area contributed by atoms with E-state index in [0.717, 1.165) is 12.8 Å². The first-order valence-corrected chi connectivity index (χ1v) is 5.92. The van der Waals surface area contributed by atoms with Gasteiger partial charge >= 0.3 is 0 Å². The summed E-state index contributed by atoms with van der Waals surface area (Å²) in [6.07, 6.45) is 5.57. The molecule has 1 N–H and O–H groups in total. The summed E-state index contributed by atoms with van der Waals surface area (Å²) >= 11 is 0. The van der Waals surface area contributed by atoms with Crippen LogP contribution in [0.3, 0.4) is 0 Å². The van der Waals surface area contributed by atoms with Crippen LogP contribution in [0.25, 0.3) is 0 Å². The largest absolute Gasteiger partial charge is 0.386 e. The summed E-state index contributed by atoms with van der Waals surface area (Å²) in [5, 5.41) is 9.83. The molecule has 0 bridgehead atoms. The highest BCUT2D eigenvalue weighted by Crippen LogP contribution is 2.48. The van der Waals surface area contributed by atoms with Gasteiger partial charge in [-0.3, -0.25) is 0 Å². The van der Waals surface area contributed by atoms with Crippen molar-refractivity contribution in [3.05, 3.63) is 11.6 Å². The van der Waals surface area contributed by atoms with Crippen LogP contribution >= 0.6 is 0 Å². The van der Waals surface area contributed by atoms with E-state index in [1.54, 1.807) is 0 Å². The van der Waals surface area contributed by atoms with Gasteiger partial charge in [0.25, 0.3) is 0 Å². The van der Waals surface area contributed by atoms with Crippen molar-refractivity contribution in [1.82, 2.24) is 0 Å². The molecule has 0 unspecified atom stereocenters. The second-order valence-electron chi connectivity index (χ2n) is 7.32. The van der Waals surface area contributed by atoms with E-state index in [1.165, 1.54) is 12.0 Å². The molecule has 1 aliphatic carbocycles. The van der Waals surface area contributed by atoms with Crippen LogP contribution in [0.5, 0.6) is 0 Å². The highest BCUT2D eigenvalue weighted by Gasteiger charge is 2.35. The van der Waals surface area contributed by atoms with Crippen LogP contribution < -0.4 is 0 Å². The Bertz CT molecular complexity index is 246. The molecular formula is C14H26O. The second-order valence-corrected chi connectivity index (χ2v) is 7.32. The minimum absolute atomic E-state index is 0.374. The van der Waals surface area contributed by atoms with Gasteiger partial charge in [-0.15, -0.1) is 0 Å². The smallest absolute Gasteiger partial charge is 0.0774 e. The van der Waals surface area contributed by atoms with Crippen molar-refractivity contribution < 1.29 is 5.11 Å². The Balaban J connectivity index is 2.90. The molecule has 1 saturated carbocycles. The Labute approximate surface area is 94.6 Å². The molecule has 88 valence electrons. The molecule has 1 rings (SSSR count). The van der Waals surface area contributed by atoms with Crippen LogP contribution in [0.1, 0.15) is 60.8 Å². The van der Waals surface area contributed by atoms with Crippen molar-refractivity contribution >= 4 is 0 Å². The molecule has 0 radical (unpaired) electrons. The van der Waals surface area contributed by atoms with Gasteiger partial charge in [0.15, 0.2) is 0 Å². The fraction of sp³-hybridized carbons (Fsp3) is 0.857. The van der Waals surface area contributed by atoms with Crippen molar-refractivity contribution in [2.45, 2.75) is 66.4 Å². The number of hydrogen-bond donors (Lipinski definition) is 1. The van der Waals surface area contributed by atoms with E-state index in [0.29, 0.717) is 10.8 Å². The van der Waals surface area contributed by atoms with Crippen LogP contribution in [-0.4, -0.2) is 10.7 Å². The molecule has 1 nitrogen and oxygen atoms in total. The van der Waals surface area contributed by atoms with Gasteiger partial charge in [0.05, 0.1) is 5.60 Å². The van der Waals surface area contributed by atoms with Crippen molar-refractivity contribution in [2.24, 2.45) is 10.8 Å². The molecule has 0 spiro atoms. The summed E-state index contributed by atoms with van der Waals surface area (Å²) in [6.45, 7) is 13.0. The predicted molar refractivity (Wildman–Crippen MR) is 65.8 cm³/mol. The zero-order chi connectivity index (χ0) is 11.9. The Morgan fingerprint density at radius 3 is 1.80 bits per heavy atom. The summed E-state index contributed by atoms with van der Waals surface area (Å²) in [4.78, 5) is 0. The topological polar surface area (TPSA) is 20.2 Å². The van der Waals surface area contributed by atoms with E-state index < -0.39 is 5.60 Å². The average Bonchev–Trinajstić information content (AvgIpc) is 1.70. The van der Waals surface area contributed by atoms with Crippen molar-refractivity contribution in [3.63, 3.8) is 0 Å². The lowest BCUT2D eigenvalue weighted by molar-refractivity contribution is 0.122. The number of rotatable bonds is 1. The predicted octanol–water partition coefficient (Wildman–Crippen LogP) is 3.92. The van der Waals surface area contributed by atoms with Crippen LogP contribution in [0.4, 0.5) is 0 Å². The Morgan fingerprint density at radius 1 is 1.07 bits per heavy atom. The average molecular weight is 210 g/mol. The molecule has 0 atom stereocenters. The maximum atomic E-state index is 9.83. The molecule has 0 aromatic carbocycles. The van der Waals surface area contributed by atoms with Crippen LogP contribution in [-0.2, 0) is 0 Å². The monoisotopic (exact) mass is 210 g/mol. The fourth-order valence-electron chi connectivity index (χ4n) is 3.31. The van der Waals surface area contributed by atoms with Crippen LogP contribution in [0.15, 0.2) is 11.6 Å². The number of allylic oxidation sites excluding steroid dienone is 1. The quantitative estimate of drug-likeness (QED) is 0.650. The summed E-state index contributed by atoms with van der Waals surface area (Å²) < 4.78 is 0. The highest BCUT2D eigenvalue weighted by atomic mass is 16.3. The first-order chi connectivity index (χ1) is 6.49. The molecule has 0 aliphatic heterocycles. The van der Waals surface area contributed by atoms with Gasteiger partial charge in [0, 0.05) is 0 Å². The van der Waals surface area contributed by atoms with Crippen LogP contribution in [0.2, 0.25) is 0 Å². The van der Waals surface area contributed by atoms with Gasteiger partial charge in [0.2, 0.25) is 0 Å². The zero-order valence-electron chi connectivity index (χ0n) is 11.1. The van der Waals surface area contributed by atoms with E-state index in [1.807, 2.05) is 13.8 Å². The third-order valence-electron chi connectivity index (χ3n) is 2.93. The fourth-order valence-corrected chi connectivity index (χ4v) is 3.31. The molecule has 0 saturated heterocycles. The molecular weight excluding hydrogens is 184 g/mol. The van der Waals surface area contributed by atoms with Gasteiger partial charge in [-0.05, 0) is 43.9 Å². The maximum absolute atomic E-state index is 9.83. The molecule has 1 aliphatic rings. The van der Waals surface area contributed by atoms with Gasteiger partial charge in [0.1, 0.15) is 0 Å². The van der Waals surface area contributed by atoms with E-state index in [2.05, 4.69) is 33.8 Å². The lowest BCUT2D eigenvalue weighted by Crippen LogP contribution is -2.31. The first kappa shape index (κ1) is 12.8.